The molecular weight excluding hydrogens is 284 g/mol. The maximum atomic E-state index is 12.4. The first kappa shape index (κ1) is 14.0. The van der Waals surface area contributed by atoms with Gasteiger partial charge >= 0.3 is 0 Å². The molecule has 0 unspecified atom stereocenters. The van der Waals surface area contributed by atoms with Crippen LogP contribution in [-0.4, -0.2) is 84.5 Å². The Morgan fingerprint density at radius 3 is 2.75 bits per heavy atom. The van der Waals surface area contributed by atoms with Crippen LogP contribution in [0.4, 0.5) is 0 Å². The lowest BCUT2D eigenvalue weighted by molar-refractivity contribution is -0.00602. The van der Waals surface area contributed by atoms with Crippen LogP contribution in [0.1, 0.15) is 0 Å². The lowest BCUT2D eigenvalue weighted by Crippen LogP contribution is -2.49. The fourth-order valence-electron chi connectivity index (χ4n) is 2.73. The summed E-state index contributed by atoms with van der Waals surface area (Å²) in [5, 5.41) is 16.3. The van der Waals surface area contributed by atoms with Crippen LogP contribution < -0.4 is 0 Å². The van der Waals surface area contributed by atoms with Crippen LogP contribution >= 0.6 is 0 Å². The van der Waals surface area contributed by atoms with Crippen molar-refractivity contribution in [3.05, 3.63) is 12.4 Å². The van der Waals surface area contributed by atoms with Crippen molar-refractivity contribution in [3.63, 3.8) is 0 Å². The lowest BCUT2D eigenvalue weighted by atomic mass is 10.2. The van der Waals surface area contributed by atoms with Crippen LogP contribution in [0.2, 0.25) is 0 Å². The Hall–Kier alpha value is -1.00. The number of nitrogens with one attached hydrogen (secondary N) is 1. The summed E-state index contributed by atoms with van der Waals surface area (Å²) in [6.45, 7) is 3.11. The van der Waals surface area contributed by atoms with Crippen LogP contribution in [-0.2, 0) is 14.8 Å². The molecule has 2 aliphatic heterocycles. The highest BCUT2D eigenvalue weighted by Crippen LogP contribution is 2.23. The molecule has 0 aliphatic carbocycles. The minimum atomic E-state index is -3.58. The molecule has 0 aromatic carbocycles. The molecule has 3 heterocycles. The third kappa shape index (κ3) is 2.47. The number of hydrogen-bond donors (Lipinski definition) is 2. The van der Waals surface area contributed by atoms with Crippen molar-refractivity contribution in [2.75, 3.05) is 39.4 Å². The molecule has 0 spiro atoms. The summed E-state index contributed by atoms with van der Waals surface area (Å²) in [6, 6.07) is -0.166. The number of aromatic amines is 1. The fraction of sp³-hybridized carbons (Fsp3) is 0.727. The number of H-pyrrole nitrogens is 1. The second-order valence-corrected chi connectivity index (χ2v) is 6.98. The van der Waals surface area contributed by atoms with Gasteiger partial charge in [-0.05, 0) is 0 Å². The highest BCUT2D eigenvalue weighted by Gasteiger charge is 2.41. The van der Waals surface area contributed by atoms with Crippen molar-refractivity contribution in [1.29, 1.82) is 0 Å². The summed E-state index contributed by atoms with van der Waals surface area (Å²) in [6.07, 6.45) is 1.96. The minimum Gasteiger partial charge on any atom is -0.390 e. The predicted octanol–water partition coefficient (Wildman–Crippen LogP) is -1.52. The third-order valence-electron chi connectivity index (χ3n) is 3.85. The van der Waals surface area contributed by atoms with Gasteiger partial charge in [0.05, 0.1) is 31.6 Å². The molecule has 112 valence electrons. The largest absolute Gasteiger partial charge is 0.390 e. The number of rotatable bonds is 3. The molecule has 2 aliphatic rings. The predicted molar refractivity (Wildman–Crippen MR) is 69.5 cm³/mol. The molecule has 1 aromatic rings. The lowest BCUT2D eigenvalue weighted by Gasteiger charge is -2.33. The van der Waals surface area contributed by atoms with Gasteiger partial charge in [-0.1, -0.05) is 0 Å². The number of hydrogen-bond acceptors (Lipinski definition) is 6. The summed E-state index contributed by atoms with van der Waals surface area (Å²) in [4.78, 5) is 2.23. The highest BCUT2D eigenvalue weighted by atomic mass is 32.2. The molecule has 3 rings (SSSR count). The van der Waals surface area contributed by atoms with Gasteiger partial charge in [0.15, 0.2) is 0 Å². The van der Waals surface area contributed by atoms with Crippen LogP contribution in [0, 0.1) is 0 Å². The number of nitrogens with zero attached hydrogens (tertiary/aromatic N) is 3. The summed E-state index contributed by atoms with van der Waals surface area (Å²) in [5.74, 6) is 0. The molecule has 0 bridgehead atoms. The summed E-state index contributed by atoms with van der Waals surface area (Å²) >= 11 is 0. The number of ether oxygens (including phenoxy) is 1. The SMILES string of the molecule is O=S(=O)(c1cn[nH]c1)N1C[C@@H](O)[C@H](N2CCOCC2)C1. The molecule has 9 heteroatoms. The standard InChI is InChI=1S/C11H18N4O4S/c16-11-8-15(20(17,18)9-5-12-13-6-9)7-10(11)14-1-3-19-4-2-14/h5-6,10-11,16H,1-4,7-8H2,(H,12,13)/t10-,11-/m1/s1. The maximum Gasteiger partial charge on any atom is 0.246 e. The minimum absolute atomic E-state index is 0.121. The van der Waals surface area contributed by atoms with Crippen molar-refractivity contribution in [2.45, 2.75) is 17.0 Å². The number of sulfonamides is 1. The van der Waals surface area contributed by atoms with Gasteiger partial charge in [-0.2, -0.15) is 9.40 Å². The summed E-state index contributed by atoms with van der Waals surface area (Å²) in [5.41, 5.74) is 0. The number of β-amino-alcohol motifs (C(OH)–C–C–N with tert-alkyl or cyclic N) is 1. The van der Waals surface area contributed by atoms with E-state index in [9.17, 15) is 13.5 Å². The second-order valence-electron chi connectivity index (χ2n) is 5.04. The Bertz CT molecular complexity index is 541. The monoisotopic (exact) mass is 302 g/mol. The van der Waals surface area contributed by atoms with Crippen LogP contribution in [0.25, 0.3) is 0 Å². The van der Waals surface area contributed by atoms with Gasteiger partial charge in [-0.3, -0.25) is 10.00 Å². The zero-order chi connectivity index (χ0) is 14.2. The van der Waals surface area contributed by atoms with Gasteiger partial charge < -0.3 is 9.84 Å². The zero-order valence-electron chi connectivity index (χ0n) is 11.0. The molecule has 20 heavy (non-hydrogen) atoms. The van der Waals surface area contributed by atoms with E-state index in [2.05, 4.69) is 15.1 Å². The number of aliphatic hydroxyl groups excluding tert-OH is 1. The van der Waals surface area contributed by atoms with E-state index in [4.69, 9.17) is 4.74 Å². The molecule has 8 nitrogen and oxygen atoms in total. The smallest absolute Gasteiger partial charge is 0.246 e. The van der Waals surface area contributed by atoms with Gasteiger partial charge in [0, 0.05) is 32.4 Å². The van der Waals surface area contributed by atoms with Gasteiger partial charge in [-0.15, -0.1) is 0 Å². The molecule has 1 aromatic heterocycles. The molecule has 0 radical (unpaired) electrons. The van der Waals surface area contributed by atoms with E-state index in [1.807, 2.05) is 0 Å². The van der Waals surface area contributed by atoms with Crippen LogP contribution in [0.5, 0.6) is 0 Å². The second kappa shape index (κ2) is 5.41. The first-order valence-corrected chi connectivity index (χ1v) is 8.02. The maximum absolute atomic E-state index is 12.4. The van der Waals surface area contributed by atoms with E-state index in [0.29, 0.717) is 19.8 Å². The Morgan fingerprint density at radius 2 is 2.10 bits per heavy atom. The third-order valence-corrected chi connectivity index (χ3v) is 5.65. The Kier molecular flexibility index (Phi) is 3.78. The quantitative estimate of drug-likeness (QED) is 0.703. The average molecular weight is 302 g/mol. The molecule has 2 N–H and O–H groups in total. The highest BCUT2D eigenvalue weighted by molar-refractivity contribution is 7.89. The van der Waals surface area contributed by atoms with E-state index >= 15 is 0 Å². The van der Waals surface area contributed by atoms with E-state index < -0.39 is 16.1 Å². The molecule has 2 atom stereocenters. The molecule has 2 fully saturated rings. The topological polar surface area (TPSA) is 98.8 Å². The van der Waals surface area contributed by atoms with Crippen LogP contribution in [0.3, 0.4) is 0 Å². The van der Waals surface area contributed by atoms with Gasteiger partial charge in [0.25, 0.3) is 0 Å². The van der Waals surface area contributed by atoms with Crippen molar-refractivity contribution in [1.82, 2.24) is 19.4 Å². The Balaban J connectivity index is 1.74. The number of aliphatic hydroxyl groups is 1. The van der Waals surface area contributed by atoms with Crippen molar-refractivity contribution in [2.24, 2.45) is 0 Å². The molecular formula is C11H18N4O4S. The molecule has 2 saturated heterocycles. The van der Waals surface area contributed by atoms with Gasteiger partial charge in [0.1, 0.15) is 4.90 Å². The van der Waals surface area contributed by atoms with Crippen LogP contribution in [0.15, 0.2) is 17.3 Å². The van der Waals surface area contributed by atoms with E-state index in [1.165, 1.54) is 16.7 Å². The first-order valence-electron chi connectivity index (χ1n) is 6.58. The normalized spacial score (nSPS) is 29.9. The zero-order valence-corrected chi connectivity index (χ0v) is 11.8. The summed E-state index contributed by atoms with van der Waals surface area (Å²) < 4.78 is 31.4. The number of aromatic nitrogens is 2. The van der Waals surface area contributed by atoms with Gasteiger partial charge in [0.2, 0.25) is 10.0 Å². The van der Waals surface area contributed by atoms with E-state index in [1.54, 1.807) is 0 Å². The summed E-state index contributed by atoms with van der Waals surface area (Å²) in [7, 11) is -3.58. The van der Waals surface area contributed by atoms with Crippen molar-refractivity contribution < 1.29 is 18.3 Å². The molecule has 0 amide bonds. The van der Waals surface area contributed by atoms with Crippen molar-refractivity contribution >= 4 is 10.0 Å². The average Bonchev–Trinajstić information content (AvgIpc) is 3.09. The number of morpholine rings is 1. The Morgan fingerprint density at radius 1 is 1.35 bits per heavy atom. The van der Waals surface area contributed by atoms with Gasteiger partial charge in [-0.25, -0.2) is 8.42 Å². The fourth-order valence-corrected chi connectivity index (χ4v) is 4.11. The van der Waals surface area contributed by atoms with Crippen molar-refractivity contribution in [3.8, 4) is 0 Å². The van der Waals surface area contributed by atoms with E-state index in [0.717, 1.165) is 13.1 Å². The molecule has 0 saturated carbocycles. The first-order chi connectivity index (χ1) is 9.59. The van der Waals surface area contributed by atoms with E-state index in [-0.39, 0.29) is 17.5 Å². The Labute approximate surface area is 117 Å².